The van der Waals surface area contributed by atoms with Crippen LogP contribution in [0, 0.1) is 11.8 Å². The van der Waals surface area contributed by atoms with Crippen molar-refractivity contribution < 1.29 is 27.2 Å². The van der Waals surface area contributed by atoms with Gasteiger partial charge in [0.15, 0.2) is 0 Å². The van der Waals surface area contributed by atoms with E-state index in [9.17, 15) is 22.8 Å². The summed E-state index contributed by atoms with van der Waals surface area (Å²) < 4.78 is 48.9. The second-order valence-electron chi connectivity index (χ2n) is 12.7. The number of hydrogen-bond acceptors (Lipinski definition) is 3. The zero-order valence-electron chi connectivity index (χ0n) is 24.0. The van der Waals surface area contributed by atoms with Crippen molar-refractivity contribution in [2.75, 3.05) is 6.61 Å². The normalized spacial score (nSPS) is 24.7. The number of benzene rings is 2. The van der Waals surface area contributed by atoms with E-state index in [-0.39, 0.29) is 23.3 Å². The third kappa shape index (κ3) is 5.54. The lowest BCUT2D eigenvalue weighted by Gasteiger charge is -2.54. The lowest BCUT2D eigenvalue weighted by Crippen LogP contribution is -2.67. The molecule has 1 heterocycles. The molecule has 0 aromatic heterocycles. The Morgan fingerprint density at radius 2 is 1.52 bits per heavy atom. The number of carbonyl (C=O) groups excluding carboxylic acids is 2. The van der Waals surface area contributed by atoms with Gasteiger partial charge in [-0.15, -0.1) is 0 Å². The van der Waals surface area contributed by atoms with E-state index in [0.29, 0.717) is 38.6 Å². The Kier molecular flexibility index (Phi) is 9.00. The molecule has 1 saturated heterocycles. The van der Waals surface area contributed by atoms with Gasteiger partial charge in [0, 0.05) is 24.6 Å². The highest BCUT2D eigenvalue weighted by molar-refractivity contribution is 6.99. The zero-order chi connectivity index (χ0) is 29.2. The van der Waals surface area contributed by atoms with Crippen LogP contribution in [0.5, 0.6) is 0 Å². The minimum Gasteiger partial charge on any atom is -0.407 e. The highest BCUT2D eigenvalue weighted by Gasteiger charge is 2.59. The number of alkyl halides is 3. The Morgan fingerprint density at radius 3 is 2.00 bits per heavy atom. The average molecular weight is 574 g/mol. The molecule has 1 saturated carbocycles. The van der Waals surface area contributed by atoms with Crippen molar-refractivity contribution in [2.24, 2.45) is 11.8 Å². The molecular weight excluding hydrogens is 531 g/mol. The molecule has 2 fully saturated rings. The number of carbonyl (C=O) groups is 2. The van der Waals surface area contributed by atoms with Crippen molar-refractivity contribution in [3.63, 3.8) is 0 Å². The fourth-order valence-electron chi connectivity index (χ4n) is 7.74. The largest absolute Gasteiger partial charge is 0.471 e. The number of hydrogen-bond donors (Lipinski definition) is 0. The topological polar surface area (TPSA) is 46.6 Å². The predicted octanol–water partition coefficient (Wildman–Crippen LogP) is 6.27. The number of likely N-dealkylation sites (tertiary alicyclic amines) is 1. The van der Waals surface area contributed by atoms with Crippen molar-refractivity contribution in [3.05, 3.63) is 60.7 Å². The van der Waals surface area contributed by atoms with Crippen molar-refractivity contribution >= 4 is 30.9 Å². The molecular formula is C32H42F3NO3Si. The van der Waals surface area contributed by atoms with E-state index in [1.807, 2.05) is 36.4 Å². The quantitative estimate of drug-likeness (QED) is 0.276. The van der Waals surface area contributed by atoms with Crippen LogP contribution < -0.4 is 10.4 Å². The van der Waals surface area contributed by atoms with Gasteiger partial charge in [0.25, 0.3) is 8.32 Å². The Bertz CT molecular complexity index is 1110. The molecule has 218 valence electrons. The first-order valence-corrected chi connectivity index (χ1v) is 16.4. The monoisotopic (exact) mass is 573 g/mol. The number of nitrogens with zero attached hydrogens (tertiary/aromatic N) is 1. The Labute approximate surface area is 237 Å². The number of piperidine rings is 1. The summed E-state index contributed by atoms with van der Waals surface area (Å²) in [6.45, 7) is 9.06. The number of halogens is 3. The molecule has 2 aromatic rings. The maximum atomic E-state index is 13.9. The van der Waals surface area contributed by atoms with Crippen molar-refractivity contribution in [2.45, 2.75) is 95.4 Å². The summed E-state index contributed by atoms with van der Waals surface area (Å²) in [5.74, 6) is -2.03. The van der Waals surface area contributed by atoms with E-state index >= 15 is 0 Å². The smallest absolute Gasteiger partial charge is 0.407 e. The molecule has 2 aliphatic rings. The molecule has 4 nitrogen and oxygen atoms in total. The molecule has 0 bridgehead atoms. The summed E-state index contributed by atoms with van der Waals surface area (Å²) in [6, 6.07) is 19.9. The third-order valence-corrected chi connectivity index (χ3v) is 14.3. The van der Waals surface area contributed by atoms with Gasteiger partial charge < -0.3 is 14.1 Å². The van der Waals surface area contributed by atoms with Crippen molar-refractivity contribution in [1.29, 1.82) is 0 Å². The molecule has 0 radical (unpaired) electrons. The van der Waals surface area contributed by atoms with E-state index in [1.54, 1.807) is 0 Å². The fourth-order valence-corrected chi connectivity index (χ4v) is 12.4. The lowest BCUT2D eigenvalue weighted by atomic mass is 9.71. The molecule has 40 heavy (non-hydrogen) atoms. The number of aldehydes is 1. The van der Waals surface area contributed by atoms with Crippen LogP contribution in [0.4, 0.5) is 13.2 Å². The molecule has 0 unspecified atom stereocenters. The zero-order valence-corrected chi connectivity index (χ0v) is 25.0. The average Bonchev–Trinajstić information content (AvgIpc) is 3.32. The molecule has 4 rings (SSSR count). The van der Waals surface area contributed by atoms with Crippen LogP contribution in [0.3, 0.4) is 0 Å². The molecule has 1 aliphatic carbocycles. The van der Waals surface area contributed by atoms with Gasteiger partial charge in [-0.05, 0) is 59.4 Å². The SMILES string of the molecule is C[C@@H](CO[Si](c1ccccc1)(c1ccccc1)C(C)(C)C)[C@H]1CCC[C@]12CCC[C@H](CC=O)N2C(=O)C(F)(F)F. The van der Waals surface area contributed by atoms with Gasteiger partial charge in [-0.3, -0.25) is 4.79 Å². The van der Waals surface area contributed by atoms with Crippen LogP contribution in [-0.4, -0.2) is 49.8 Å². The second-order valence-corrected chi connectivity index (χ2v) is 17.0. The maximum absolute atomic E-state index is 13.9. The molecule has 2 aromatic carbocycles. The number of amides is 1. The van der Waals surface area contributed by atoms with E-state index in [4.69, 9.17) is 4.43 Å². The van der Waals surface area contributed by atoms with Gasteiger partial charge >= 0.3 is 12.1 Å². The van der Waals surface area contributed by atoms with E-state index in [2.05, 4.69) is 52.0 Å². The van der Waals surface area contributed by atoms with Gasteiger partial charge in [0.2, 0.25) is 0 Å². The van der Waals surface area contributed by atoms with Crippen molar-refractivity contribution in [3.8, 4) is 0 Å². The highest BCUT2D eigenvalue weighted by Crippen LogP contribution is 2.52. The van der Waals surface area contributed by atoms with Gasteiger partial charge in [-0.25, -0.2) is 0 Å². The van der Waals surface area contributed by atoms with Crippen LogP contribution in [0.2, 0.25) is 5.04 Å². The Hall–Kier alpha value is -2.45. The predicted molar refractivity (Wildman–Crippen MR) is 154 cm³/mol. The summed E-state index contributed by atoms with van der Waals surface area (Å²) >= 11 is 0. The molecule has 8 heteroatoms. The van der Waals surface area contributed by atoms with Gasteiger partial charge in [-0.2, -0.15) is 13.2 Å². The van der Waals surface area contributed by atoms with Crippen LogP contribution >= 0.6 is 0 Å². The summed E-state index contributed by atoms with van der Waals surface area (Å²) in [4.78, 5) is 25.5. The molecule has 1 aliphatic heterocycles. The number of rotatable bonds is 8. The highest BCUT2D eigenvalue weighted by atomic mass is 28.4. The van der Waals surface area contributed by atoms with Gasteiger partial charge in [-0.1, -0.05) is 94.8 Å². The summed E-state index contributed by atoms with van der Waals surface area (Å²) in [7, 11) is -2.83. The molecule has 0 N–H and O–H groups in total. The first-order chi connectivity index (χ1) is 18.9. The Balaban J connectivity index is 1.71. The standard InChI is InChI=1S/C32H42F3NO3Si/c1-24(23-39-40(30(2,3)4,26-14-7-5-8-15-26)27-16-9-6-10-17-27)28-18-12-21-31(28)20-11-13-25(19-22-37)36(31)29(38)32(33,34)35/h5-10,14-17,22,24-25,28H,11-13,18-21,23H2,1-4H3/t24-,25+,28+,31+/m0/s1. The second kappa shape index (κ2) is 11.8. The first kappa shape index (κ1) is 30.5. The summed E-state index contributed by atoms with van der Waals surface area (Å²) in [6.07, 6.45) is -0.724. The van der Waals surface area contributed by atoms with Crippen LogP contribution in [0.25, 0.3) is 0 Å². The third-order valence-electron chi connectivity index (χ3n) is 9.30. The van der Waals surface area contributed by atoms with Crippen LogP contribution in [0.1, 0.15) is 72.6 Å². The molecule has 4 atom stereocenters. The van der Waals surface area contributed by atoms with E-state index in [1.165, 1.54) is 0 Å². The minimum atomic E-state index is -4.98. The van der Waals surface area contributed by atoms with Crippen molar-refractivity contribution in [1.82, 2.24) is 4.90 Å². The molecule has 1 amide bonds. The van der Waals surface area contributed by atoms with Gasteiger partial charge in [0.1, 0.15) is 6.29 Å². The first-order valence-electron chi connectivity index (χ1n) is 14.5. The van der Waals surface area contributed by atoms with E-state index < -0.39 is 32.0 Å². The summed E-state index contributed by atoms with van der Waals surface area (Å²) in [5.41, 5.74) is -0.910. The Morgan fingerprint density at radius 1 is 1.00 bits per heavy atom. The molecule has 1 spiro atoms. The van der Waals surface area contributed by atoms with Crippen LogP contribution in [-0.2, 0) is 14.0 Å². The maximum Gasteiger partial charge on any atom is 0.471 e. The van der Waals surface area contributed by atoms with Crippen LogP contribution in [0.15, 0.2) is 60.7 Å². The lowest BCUT2D eigenvalue weighted by molar-refractivity contribution is -0.201. The minimum absolute atomic E-state index is 0.0662. The van der Waals surface area contributed by atoms with E-state index in [0.717, 1.165) is 28.1 Å². The summed E-state index contributed by atoms with van der Waals surface area (Å²) in [5, 5.41) is 2.08. The fraction of sp³-hybridized carbons (Fsp3) is 0.562. The van der Waals surface area contributed by atoms with Gasteiger partial charge in [0.05, 0.1) is 0 Å².